The second-order valence-corrected chi connectivity index (χ2v) is 7.54. The molecule has 3 saturated heterocycles. The zero-order valence-electron chi connectivity index (χ0n) is 13.5. The summed E-state index contributed by atoms with van der Waals surface area (Å²) in [6.07, 6.45) is 5.65. The number of hydrogen-bond acceptors (Lipinski definition) is 4. The van der Waals surface area contributed by atoms with Crippen molar-refractivity contribution in [2.24, 2.45) is 11.8 Å². The average molecular weight is 298 g/mol. The molecule has 122 valence electrons. The summed E-state index contributed by atoms with van der Waals surface area (Å²) in [7, 11) is 0. The number of hydrogen-bond donors (Lipinski definition) is 1. The molecule has 3 heterocycles. The predicted molar refractivity (Wildman–Crippen MR) is 80.2 cm³/mol. The summed E-state index contributed by atoms with van der Waals surface area (Å²) in [4.78, 5) is 0. The van der Waals surface area contributed by atoms with Crippen molar-refractivity contribution in [3.05, 3.63) is 0 Å². The molecule has 21 heavy (non-hydrogen) atoms. The van der Waals surface area contributed by atoms with Gasteiger partial charge in [-0.1, -0.05) is 13.8 Å². The predicted octanol–water partition coefficient (Wildman–Crippen LogP) is 2.53. The highest BCUT2D eigenvalue weighted by Crippen LogP contribution is 2.45. The lowest BCUT2D eigenvalue weighted by molar-refractivity contribution is -0.200. The lowest BCUT2D eigenvalue weighted by atomic mass is 9.69. The highest BCUT2D eigenvalue weighted by Gasteiger charge is 2.48. The molecule has 3 aliphatic heterocycles. The normalized spacial score (nSPS) is 40.6. The molecular formula is C17H30O4. The largest absolute Gasteiger partial charge is 0.389 e. The minimum Gasteiger partial charge on any atom is -0.389 e. The Labute approximate surface area is 128 Å². The van der Waals surface area contributed by atoms with Gasteiger partial charge in [0.15, 0.2) is 0 Å². The molecule has 0 aliphatic carbocycles. The van der Waals surface area contributed by atoms with Crippen molar-refractivity contribution in [1.29, 1.82) is 0 Å². The minimum atomic E-state index is -0.567. The van der Waals surface area contributed by atoms with Gasteiger partial charge in [0.1, 0.15) is 0 Å². The molecule has 0 aromatic carbocycles. The van der Waals surface area contributed by atoms with Crippen molar-refractivity contribution in [3.63, 3.8) is 0 Å². The molecule has 0 radical (unpaired) electrons. The van der Waals surface area contributed by atoms with E-state index in [-0.39, 0.29) is 11.7 Å². The molecule has 3 unspecified atom stereocenters. The smallest absolute Gasteiger partial charge is 0.0730 e. The Morgan fingerprint density at radius 1 is 1.00 bits per heavy atom. The van der Waals surface area contributed by atoms with Gasteiger partial charge < -0.3 is 19.3 Å². The van der Waals surface area contributed by atoms with Crippen LogP contribution in [0.3, 0.4) is 0 Å². The highest BCUT2D eigenvalue weighted by molar-refractivity contribution is 4.99. The van der Waals surface area contributed by atoms with Crippen molar-refractivity contribution < 1.29 is 19.3 Å². The summed E-state index contributed by atoms with van der Waals surface area (Å²) < 4.78 is 17.5. The van der Waals surface area contributed by atoms with Crippen molar-refractivity contribution in [2.45, 2.75) is 69.7 Å². The van der Waals surface area contributed by atoms with Crippen LogP contribution in [0.4, 0.5) is 0 Å². The molecule has 3 aliphatic rings. The fourth-order valence-corrected chi connectivity index (χ4v) is 4.27. The summed E-state index contributed by atoms with van der Waals surface area (Å²) in [5.74, 6) is 0.809. The Morgan fingerprint density at radius 3 is 2.48 bits per heavy atom. The Balaban J connectivity index is 1.69. The van der Waals surface area contributed by atoms with E-state index in [0.29, 0.717) is 18.4 Å². The summed E-state index contributed by atoms with van der Waals surface area (Å²) in [5.41, 5.74) is -0.606. The number of ether oxygens (including phenoxy) is 3. The molecule has 4 heteroatoms. The lowest BCUT2D eigenvalue weighted by Crippen LogP contribution is -2.54. The van der Waals surface area contributed by atoms with Gasteiger partial charge in [0.05, 0.1) is 17.3 Å². The van der Waals surface area contributed by atoms with Crippen LogP contribution >= 0.6 is 0 Å². The number of rotatable bonds is 2. The van der Waals surface area contributed by atoms with E-state index in [1.807, 2.05) is 0 Å². The Kier molecular flexibility index (Phi) is 4.60. The van der Waals surface area contributed by atoms with Crippen LogP contribution in [0.15, 0.2) is 0 Å². The lowest BCUT2D eigenvalue weighted by Gasteiger charge is -2.50. The third-order valence-electron chi connectivity index (χ3n) is 5.82. The quantitative estimate of drug-likeness (QED) is 0.851. The van der Waals surface area contributed by atoms with Gasteiger partial charge in [0, 0.05) is 32.8 Å². The molecular weight excluding hydrogens is 268 g/mol. The molecule has 3 rings (SSSR count). The van der Waals surface area contributed by atoms with Crippen molar-refractivity contribution in [1.82, 2.24) is 0 Å². The minimum absolute atomic E-state index is 0.0392. The second-order valence-electron chi connectivity index (χ2n) is 7.54. The van der Waals surface area contributed by atoms with Crippen LogP contribution in [0.2, 0.25) is 0 Å². The first-order valence-corrected chi connectivity index (χ1v) is 8.59. The summed E-state index contributed by atoms with van der Waals surface area (Å²) in [6.45, 7) is 7.42. The number of aliphatic hydroxyl groups is 1. The maximum atomic E-state index is 11.3. The fraction of sp³-hybridized carbons (Fsp3) is 1.00. The van der Waals surface area contributed by atoms with Crippen molar-refractivity contribution in [3.8, 4) is 0 Å². The monoisotopic (exact) mass is 298 g/mol. The molecule has 3 fully saturated rings. The first-order chi connectivity index (χ1) is 10.0. The topological polar surface area (TPSA) is 47.9 Å². The van der Waals surface area contributed by atoms with E-state index in [2.05, 4.69) is 13.8 Å². The van der Waals surface area contributed by atoms with Gasteiger partial charge in [-0.15, -0.1) is 0 Å². The summed E-state index contributed by atoms with van der Waals surface area (Å²) in [6, 6.07) is 0. The molecule has 0 bridgehead atoms. The van der Waals surface area contributed by atoms with Crippen LogP contribution < -0.4 is 0 Å². The van der Waals surface area contributed by atoms with E-state index in [0.717, 1.165) is 58.3 Å². The molecule has 3 atom stereocenters. The molecule has 1 N–H and O–H groups in total. The first kappa shape index (κ1) is 15.7. The molecule has 1 spiro atoms. The molecule has 0 amide bonds. The second kappa shape index (κ2) is 6.15. The average Bonchev–Trinajstić information content (AvgIpc) is 2.48. The van der Waals surface area contributed by atoms with E-state index in [4.69, 9.17) is 14.2 Å². The zero-order valence-corrected chi connectivity index (χ0v) is 13.5. The van der Waals surface area contributed by atoms with E-state index >= 15 is 0 Å². The van der Waals surface area contributed by atoms with Gasteiger partial charge in [0.2, 0.25) is 0 Å². The van der Waals surface area contributed by atoms with Crippen LogP contribution in [0, 0.1) is 11.8 Å². The summed E-state index contributed by atoms with van der Waals surface area (Å²) >= 11 is 0. The maximum absolute atomic E-state index is 11.3. The third kappa shape index (κ3) is 3.29. The molecule has 0 saturated carbocycles. The van der Waals surface area contributed by atoms with Crippen LogP contribution in [0.1, 0.15) is 52.4 Å². The first-order valence-electron chi connectivity index (χ1n) is 8.59. The highest BCUT2D eigenvalue weighted by atomic mass is 16.5. The van der Waals surface area contributed by atoms with Crippen LogP contribution in [0.5, 0.6) is 0 Å². The van der Waals surface area contributed by atoms with Crippen molar-refractivity contribution >= 4 is 0 Å². The standard InChI is InChI=1S/C17H30O4/c1-13(2)15-12-17(18,6-10-20-15)14-3-7-21-16(11-14)4-8-19-9-5-16/h13-15,18H,3-12H2,1-2H3. The van der Waals surface area contributed by atoms with Gasteiger partial charge >= 0.3 is 0 Å². The van der Waals surface area contributed by atoms with Gasteiger partial charge in [-0.05, 0) is 43.9 Å². The summed E-state index contributed by atoms with van der Waals surface area (Å²) in [5, 5.41) is 11.3. The van der Waals surface area contributed by atoms with Gasteiger partial charge in [0.25, 0.3) is 0 Å². The Bertz CT molecular complexity index is 345. The molecule has 4 nitrogen and oxygen atoms in total. The Morgan fingerprint density at radius 2 is 1.76 bits per heavy atom. The van der Waals surface area contributed by atoms with Gasteiger partial charge in [-0.3, -0.25) is 0 Å². The van der Waals surface area contributed by atoms with E-state index in [1.165, 1.54) is 0 Å². The van der Waals surface area contributed by atoms with E-state index in [1.54, 1.807) is 0 Å². The third-order valence-corrected chi connectivity index (χ3v) is 5.82. The van der Waals surface area contributed by atoms with Gasteiger partial charge in [-0.25, -0.2) is 0 Å². The van der Waals surface area contributed by atoms with E-state index in [9.17, 15) is 5.11 Å². The Hall–Kier alpha value is -0.160. The molecule has 0 aromatic heterocycles. The van der Waals surface area contributed by atoms with Crippen LogP contribution in [-0.4, -0.2) is 48.8 Å². The van der Waals surface area contributed by atoms with Gasteiger partial charge in [-0.2, -0.15) is 0 Å². The van der Waals surface area contributed by atoms with E-state index < -0.39 is 5.60 Å². The van der Waals surface area contributed by atoms with Crippen LogP contribution in [-0.2, 0) is 14.2 Å². The maximum Gasteiger partial charge on any atom is 0.0730 e. The van der Waals surface area contributed by atoms with Crippen molar-refractivity contribution in [2.75, 3.05) is 26.4 Å². The zero-order chi connectivity index (χ0) is 14.9. The van der Waals surface area contributed by atoms with Crippen LogP contribution in [0.25, 0.3) is 0 Å². The molecule has 0 aromatic rings. The SMILES string of the molecule is CC(C)C1CC(O)(C2CCOC3(CCOCC3)C2)CCO1. The fourth-order valence-electron chi connectivity index (χ4n) is 4.27.